The minimum atomic E-state index is 0.493. The quantitative estimate of drug-likeness (QED) is 0.910. The number of hydrogen-bond acceptors (Lipinski definition) is 2. The van der Waals surface area contributed by atoms with Gasteiger partial charge in [-0.2, -0.15) is 5.10 Å². The molecule has 3 nitrogen and oxygen atoms in total. The number of rotatable bonds is 4. The molecule has 19 heavy (non-hydrogen) atoms. The molecule has 0 amide bonds. The molecule has 2 aromatic rings. The lowest BCUT2D eigenvalue weighted by Gasteiger charge is -2.14. The number of benzene rings is 1. The first-order valence-corrected chi connectivity index (χ1v) is 6.85. The SMILES string of the molecule is CNCc1c(C)nn(-c2ccccc2C(C)C)c1C. The van der Waals surface area contributed by atoms with Crippen LogP contribution in [0.15, 0.2) is 24.3 Å². The van der Waals surface area contributed by atoms with Crippen LogP contribution in [0.25, 0.3) is 5.69 Å². The van der Waals surface area contributed by atoms with Gasteiger partial charge in [-0.05, 0) is 38.4 Å². The van der Waals surface area contributed by atoms with Gasteiger partial charge in [0.05, 0.1) is 11.4 Å². The lowest BCUT2D eigenvalue weighted by Crippen LogP contribution is -2.08. The molecule has 0 saturated carbocycles. The van der Waals surface area contributed by atoms with Crippen LogP contribution in [0, 0.1) is 13.8 Å². The van der Waals surface area contributed by atoms with Crippen LogP contribution in [0.2, 0.25) is 0 Å². The van der Waals surface area contributed by atoms with Crippen molar-refractivity contribution in [1.82, 2.24) is 15.1 Å². The zero-order chi connectivity index (χ0) is 14.0. The number of para-hydroxylation sites is 1. The molecule has 0 aliphatic heterocycles. The van der Waals surface area contributed by atoms with Gasteiger partial charge >= 0.3 is 0 Å². The van der Waals surface area contributed by atoms with E-state index in [4.69, 9.17) is 5.10 Å². The Balaban J connectivity index is 2.57. The summed E-state index contributed by atoms with van der Waals surface area (Å²) < 4.78 is 2.08. The van der Waals surface area contributed by atoms with Gasteiger partial charge in [0.15, 0.2) is 0 Å². The number of nitrogens with one attached hydrogen (secondary N) is 1. The van der Waals surface area contributed by atoms with Crippen LogP contribution >= 0.6 is 0 Å². The largest absolute Gasteiger partial charge is 0.316 e. The molecular formula is C16H23N3. The molecule has 0 bridgehead atoms. The van der Waals surface area contributed by atoms with Crippen molar-refractivity contribution in [3.05, 3.63) is 46.8 Å². The van der Waals surface area contributed by atoms with E-state index in [0.29, 0.717) is 5.92 Å². The first kappa shape index (κ1) is 13.8. The Kier molecular flexibility index (Phi) is 4.05. The molecule has 0 aliphatic rings. The molecule has 102 valence electrons. The standard InChI is InChI=1S/C16H23N3/c1-11(2)14-8-6-7-9-16(14)19-13(4)15(10-17-5)12(3)18-19/h6-9,11,17H,10H2,1-5H3. The van der Waals surface area contributed by atoms with Crippen molar-refractivity contribution in [2.24, 2.45) is 0 Å². The van der Waals surface area contributed by atoms with Gasteiger partial charge in [0.2, 0.25) is 0 Å². The van der Waals surface area contributed by atoms with Crippen molar-refractivity contribution < 1.29 is 0 Å². The Morgan fingerprint density at radius 2 is 1.89 bits per heavy atom. The minimum absolute atomic E-state index is 0.493. The summed E-state index contributed by atoms with van der Waals surface area (Å²) in [5, 5.41) is 7.93. The predicted octanol–water partition coefficient (Wildman–Crippen LogP) is 3.33. The molecule has 3 heteroatoms. The van der Waals surface area contributed by atoms with Gasteiger partial charge in [-0.1, -0.05) is 32.0 Å². The third-order valence-corrected chi connectivity index (χ3v) is 3.58. The van der Waals surface area contributed by atoms with Crippen molar-refractivity contribution in [2.75, 3.05) is 7.05 Å². The normalized spacial score (nSPS) is 11.3. The average molecular weight is 257 g/mol. The van der Waals surface area contributed by atoms with Gasteiger partial charge in [0, 0.05) is 17.8 Å². The van der Waals surface area contributed by atoms with Crippen molar-refractivity contribution in [2.45, 2.75) is 40.2 Å². The van der Waals surface area contributed by atoms with Gasteiger partial charge in [-0.25, -0.2) is 4.68 Å². The van der Waals surface area contributed by atoms with Gasteiger partial charge in [-0.15, -0.1) is 0 Å². The number of nitrogens with zero attached hydrogens (tertiary/aromatic N) is 2. The second kappa shape index (κ2) is 5.57. The third-order valence-electron chi connectivity index (χ3n) is 3.58. The second-order valence-electron chi connectivity index (χ2n) is 5.31. The van der Waals surface area contributed by atoms with Crippen LogP contribution in [-0.4, -0.2) is 16.8 Å². The summed E-state index contributed by atoms with van der Waals surface area (Å²) in [6.45, 7) is 9.53. The highest BCUT2D eigenvalue weighted by molar-refractivity contribution is 5.45. The number of hydrogen-bond donors (Lipinski definition) is 1. The highest BCUT2D eigenvalue weighted by Gasteiger charge is 2.15. The first-order chi connectivity index (χ1) is 9.06. The summed E-state index contributed by atoms with van der Waals surface area (Å²) in [6, 6.07) is 8.51. The molecule has 0 fully saturated rings. The highest BCUT2D eigenvalue weighted by Crippen LogP contribution is 2.25. The van der Waals surface area contributed by atoms with Crippen molar-refractivity contribution >= 4 is 0 Å². The van der Waals surface area contributed by atoms with Gasteiger partial charge in [0.1, 0.15) is 0 Å². The van der Waals surface area contributed by atoms with E-state index in [1.54, 1.807) is 0 Å². The van der Waals surface area contributed by atoms with E-state index in [9.17, 15) is 0 Å². The molecule has 2 rings (SSSR count). The molecule has 1 N–H and O–H groups in total. The van der Waals surface area contributed by atoms with E-state index in [2.05, 4.69) is 62.0 Å². The maximum Gasteiger partial charge on any atom is 0.0683 e. The molecule has 0 unspecified atom stereocenters. The van der Waals surface area contributed by atoms with E-state index in [1.807, 2.05) is 7.05 Å². The molecular weight excluding hydrogens is 234 g/mol. The molecule has 0 saturated heterocycles. The Morgan fingerprint density at radius 3 is 2.53 bits per heavy atom. The van der Waals surface area contributed by atoms with E-state index < -0.39 is 0 Å². The lowest BCUT2D eigenvalue weighted by molar-refractivity contribution is 0.780. The summed E-state index contributed by atoms with van der Waals surface area (Å²) in [4.78, 5) is 0. The molecule has 1 aromatic carbocycles. The Bertz CT molecular complexity index is 567. The number of aromatic nitrogens is 2. The molecule has 0 spiro atoms. The topological polar surface area (TPSA) is 29.9 Å². The van der Waals surface area contributed by atoms with Gasteiger partial charge < -0.3 is 5.32 Å². The summed E-state index contributed by atoms with van der Waals surface area (Å²) >= 11 is 0. The van der Waals surface area contributed by atoms with Crippen molar-refractivity contribution in [1.29, 1.82) is 0 Å². The van der Waals surface area contributed by atoms with Crippen LogP contribution in [0.3, 0.4) is 0 Å². The van der Waals surface area contributed by atoms with E-state index >= 15 is 0 Å². The van der Waals surface area contributed by atoms with Crippen LogP contribution < -0.4 is 5.32 Å². The zero-order valence-electron chi connectivity index (χ0n) is 12.5. The number of aryl methyl sites for hydroxylation is 1. The molecule has 0 radical (unpaired) electrons. The van der Waals surface area contributed by atoms with Crippen molar-refractivity contribution in [3.8, 4) is 5.69 Å². The molecule has 0 atom stereocenters. The zero-order valence-corrected chi connectivity index (χ0v) is 12.5. The fraction of sp³-hybridized carbons (Fsp3) is 0.438. The summed E-state index contributed by atoms with van der Waals surface area (Å²) in [7, 11) is 1.97. The molecule has 1 aromatic heterocycles. The lowest BCUT2D eigenvalue weighted by atomic mass is 10.0. The van der Waals surface area contributed by atoms with E-state index in [-0.39, 0.29) is 0 Å². The average Bonchev–Trinajstić information content (AvgIpc) is 2.67. The maximum absolute atomic E-state index is 4.72. The predicted molar refractivity (Wildman–Crippen MR) is 79.9 cm³/mol. The van der Waals surface area contributed by atoms with Crippen LogP contribution in [0.5, 0.6) is 0 Å². The minimum Gasteiger partial charge on any atom is -0.316 e. The smallest absolute Gasteiger partial charge is 0.0683 e. The van der Waals surface area contributed by atoms with E-state index in [0.717, 1.165) is 12.2 Å². The fourth-order valence-electron chi connectivity index (χ4n) is 2.51. The van der Waals surface area contributed by atoms with Gasteiger partial charge in [-0.3, -0.25) is 0 Å². The van der Waals surface area contributed by atoms with Crippen LogP contribution in [0.1, 0.15) is 42.3 Å². The monoisotopic (exact) mass is 257 g/mol. The fourth-order valence-corrected chi connectivity index (χ4v) is 2.51. The van der Waals surface area contributed by atoms with Crippen LogP contribution in [0.4, 0.5) is 0 Å². The molecule has 0 aliphatic carbocycles. The van der Waals surface area contributed by atoms with Crippen molar-refractivity contribution in [3.63, 3.8) is 0 Å². The highest BCUT2D eigenvalue weighted by atomic mass is 15.3. The Labute approximate surface area is 115 Å². The first-order valence-electron chi connectivity index (χ1n) is 6.85. The Hall–Kier alpha value is -1.61. The molecule has 1 heterocycles. The second-order valence-corrected chi connectivity index (χ2v) is 5.31. The summed E-state index contributed by atoms with van der Waals surface area (Å²) in [6.07, 6.45) is 0. The van der Waals surface area contributed by atoms with Gasteiger partial charge in [0.25, 0.3) is 0 Å². The van der Waals surface area contributed by atoms with Crippen LogP contribution in [-0.2, 0) is 6.54 Å². The summed E-state index contributed by atoms with van der Waals surface area (Å²) in [5.74, 6) is 0.493. The summed E-state index contributed by atoms with van der Waals surface area (Å²) in [5.41, 5.74) is 6.15. The Morgan fingerprint density at radius 1 is 1.21 bits per heavy atom. The third kappa shape index (κ3) is 2.56. The maximum atomic E-state index is 4.72. The van der Waals surface area contributed by atoms with E-state index in [1.165, 1.54) is 22.5 Å².